The molecule has 5 aliphatic carbocycles. The Bertz CT molecular complexity index is 1000. The summed E-state index contributed by atoms with van der Waals surface area (Å²) in [7, 11) is 0. The van der Waals surface area contributed by atoms with Crippen molar-refractivity contribution in [1.82, 2.24) is 0 Å². The fraction of sp³-hybridized carbons (Fsp3) is 0.786. The molecule has 0 heterocycles. The highest BCUT2D eigenvalue weighted by Gasteiger charge is 2.69. The molecule has 3 N–H and O–H groups in total. The van der Waals surface area contributed by atoms with E-state index in [-0.39, 0.29) is 33.5 Å². The SMILES string of the molecule is C[C@@H]1C[C@@H]2[C@@](C)(CC[C@]3(C)[C@H]4CC=C5C(=CC(=O)C(O)(O)[C@@]5(C)O)[C@]4(C)CC[C@@]23C)CC1=O. The molecule has 0 aromatic rings. The molecule has 0 saturated heterocycles. The van der Waals surface area contributed by atoms with Crippen LogP contribution in [-0.2, 0) is 9.59 Å². The van der Waals surface area contributed by atoms with E-state index < -0.39 is 17.2 Å². The number of allylic oxidation sites excluding steroid dienone is 1. The van der Waals surface area contributed by atoms with Gasteiger partial charge in [-0.3, -0.25) is 9.59 Å². The van der Waals surface area contributed by atoms with Gasteiger partial charge in [-0.05, 0) is 96.2 Å². The lowest BCUT2D eigenvalue weighted by molar-refractivity contribution is -0.242. The summed E-state index contributed by atoms with van der Waals surface area (Å²) < 4.78 is 0. The quantitative estimate of drug-likeness (QED) is 0.477. The fourth-order valence-electron chi connectivity index (χ4n) is 9.27. The van der Waals surface area contributed by atoms with Crippen LogP contribution in [0.5, 0.6) is 0 Å². The maximum atomic E-state index is 12.7. The van der Waals surface area contributed by atoms with Crippen molar-refractivity contribution >= 4 is 11.6 Å². The minimum absolute atomic E-state index is 0.0228. The van der Waals surface area contributed by atoms with Crippen LogP contribution in [0.4, 0.5) is 0 Å². The van der Waals surface area contributed by atoms with E-state index in [1.807, 2.05) is 6.08 Å². The van der Waals surface area contributed by atoms with Crippen LogP contribution >= 0.6 is 0 Å². The number of carbonyl (C=O) groups is 2. The van der Waals surface area contributed by atoms with E-state index in [1.54, 1.807) is 0 Å². The maximum absolute atomic E-state index is 12.7. The van der Waals surface area contributed by atoms with Gasteiger partial charge < -0.3 is 15.3 Å². The van der Waals surface area contributed by atoms with Crippen LogP contribution < -0.4 is 0 Å². The zero-order valence-corrected chi connectivity index (χ0v) is 21.0. The van der Waals surface area contributed by atoms with E-state index in [4.69, 9.17) is 0 Å². The van der Waals surface area contributed by atoms with Gasteiger partial charge in [-0.25, -0.2) is 0 Å². The van der Waals surface area contributed by atoms with E-state index in [0.29, 0.717) is 23.7 Å². The number of rotatable bonds is 0. The highest BCUT2D eigenvalue weighted by atomic mass is 16.5. The van der Waals surface area contributed by atoms with E-state index >= 15 is 0 Å². The Balaban J connectivity index is 1.61. The van der Waals surface area contributed by atoms with Crippen molar-refractivity contribution in [2.45, 2.75) is 97.9 Å². The number of hydrogen-bond donors (Lipinski definition) is 3. The second kappa shape index (κ2) is 6.47. The second-order valence-corrected chi connectivity index (χ2v) is 13.3. The Morgan fingerprint density at radius 2 is 1.45 bits per heavy atom. The third-order valence-corrected chi connectivity index (χ3v) is 11.8. The summed E-state index contributed by atoms with van der Waals surface area (Å²) in [6.45, 7) is 12.9. The van der Waals surface area contributed by atoms with Crippen molar-refractivity contribution in [2.24, 2.45) is 39.4 Å². The molecule has 8 atom stereocenters. The van der Waals surface area contributed by atoms with Gasteiger partial charge in [0.2, 0.25) is 5.78 Å². The average molecular weight is 457 g/mol. The second-order valence-electron chi connectivity index (χ2n) is 13.3. The van der Waals surface area contributed by atoms with Gasteiger partial charge in [-0.1, -0.05) is 40.7 Å². The highest BCUT2D eigenvalue weighted by molar-refractivity contribution is 6.00. The molecular formula is C28H40O5. The van der Waals surface area contributed by atoms with Gasteiger partial charge in [-0.15, -0.1) is 0 Å². The first-order chi connectivity index (χ1) is 15.0. The summed E-state index contributed by atoms with van der Waals surface area (Å²) in [5.41, 5.74) is -0.907. The summed E-state index contributed by atoms with van der Waals surface area (Å²) in [6.07, 6.45) is 9.72. The van der Waals surface area contributed by atoms with Crippen LogP contribution in [0.25, 0.3) is 0 Å². The van der Waals surface area contributed by atoms with Crippen LogP contribution in [0.1, 0.15) is 86.5 Å². The summed E-state index contributed by atoms with van der Waals surface area (Å²) in [4.78, 5) is 25.4. The largest absolute Gasteiger partial charge is 0.379 e. The summed E-state index contributed by atoms with van der Waals surface area (Å²) in [5, 5.41) is 31.9. The number of carbonyl (C=O) groups excluding carboxylic acids is 2. The number of ketones is 2. The van der Waals surface area contributed by atoms with E-state index in [2.05, 4.69) is 34.6 Å². The van der Waals surface area contributed by atoms with Crippen molar-refractivity contribution < 1.29 is 24.9 Å². The normalized spacial score (nSPS) is 53.2. The average Bonchev–Trinajstić information content (AvgIpc) is 2.71. The van der Waals surface area contributed by atoms with Gasteiger partial charge in [0.1, 0.15) is 11.4 Å². The molecule has 3 fully saturated rings. The number of hydrogen-bond acceptors (Lipinski definition) is 5. The molecule has 0 unspecified atom stereocenters. The third kappa shape index (κ3) is 2.60. The molecule has 0 spiro atoms. The van der Waals surface area contributed by atoms with Crippen molar-refractivity contribution in [3.05, 3.63) is 23.3 Å². The summed E-state index contributed by atoms with van der Waals surface area (Å²) in [5.74, 6) is -2.35. The lowest BCUT2D eigenvalue weighted by Gasteiger charge is -2.71. The minimum Gasteiger partial charge on any atom is -0.379 e. The standard InChI is InChI=1S/C28H40O5/c1-16-13-21-23(2,15-19(16)29)9-11-25(4)20-8-7-17-18(24(20,3)10-12-26(21,25)5)14-22(30)28(32,33)27(17,6)31/h7,14,16,20-21,31-33H,8-13,15H2,1-6H3/t16-,20+,21-,23+,24+,25-,26+,27+/m1/s1. The summed E-state index contributed by atoms with van der Waals surface area (Å²) >= 11 is 0. The van der Waals surface area contributed by atoms with E-state index in [0.717, 1.165) is 44.1 Å². The van der Waals surface area contributed by atoms with Gasteiger partial charge in [0.25, 0.3) is 5.79 Å². The van der Waals surface area contributed by atoms with Crippen LogP contribution in [0.3, 0.4) is 0 Å². The smallest absolute Gasteiger partial charge is 0.262 e. The minimum atomic E-state index is -2.81. The Hall–Kier alpha value is -1.30. The van der Waals surface area contributed by atoms with Crippen molar-refractivity contribution in [1.29, 1.82) is 0 Å². The topological polar surface area (TPSA) is 94.8 Å². The Labute approximate surface area is 197 Å². The molecule has 0 aromatic heterocycles. The molecule has 5 aliphatic rings. The van der Waals surface area contributed by atoms with Crippen LogP contribution in [0, 0.1) is 39.4 Å². The predicted octanol–water partition coefficient (Wildman–Crippen LogP) is 4.10. The first-order valence-corrected chi connectivity index (χ1v) is 12.7. The zero-order chi connectivity index (χ0) is 24.4. The lowest BCUT2D eigenvalue weighted by Crippen LogP contribution is -2.66. The molecule has 5 nitrogen and oxygen atoms in total. The lowest BCUT2D eigenvalue weighted by atomic mass is 9.33. The van der Waals surface area contributed by atoms with Crippen molar-refractivity contribution in [3.63, 3.8) is 0 Å². The molecular weight excluding hydrogens is 416 g/mol. The van der Waals surface area contributed by atoms with Crippen LogP contribution in [0.2, 0.25) is 0 Å². The molecule has 0 bridgehead atoms. The molecule has 0 amide bonds. The zero-order valence-electron chi connectivity index (χ0n) is 21.0. The molecule has 3 saturated carbocycles. The number of aliphatic hydroxyl groups is 3. The first kappa shape index (κ1) is 23.4. The molecule has 0 aromatic carbocycles. The highest BCUT2D eigenvalue weighted by Crippen LogP contribution is 2.75. The van der Waals surface area contributed by atoms with E-state index in [1.165, 1.54) is 13.0 Å². The Morgan fingerprint density at radius 3 is 2.12 bits per heavy atom. The van der Waals surface area contributed by atoms with E-state index in [9.17, 15) is 24.9 Å². The molecule has 33 heavy (non-hydrogen) atoms. The van der Waals surface area contributed by atoms with Crippen molar-refractivity contribution in [2.75, 3.05) is 0 Å². The Morgan fingerprint density at radius 1 is 0.848 bits per heavy atom. The van der Waals surface area contributed by atoms with Gasteiger partial charge >= 0.3 is 0 Å². The number of fused-ring (bicyclic) bond motifs is 7. The Kier molecular flexibility index (Phi) is 4.60. The molecule has 182 valence electrons. The predicted molar refractivity (Wildman–Crippen MR) is 125 cm³/mol. The maximum Gasteiger partial charge on any atom is 0.262 e. The molecule has 0 aliphatic heterocycles. The van der Waals surface area contributed by atoms with Crippen molar-refractivity contribution in [3.8, 4) is 0 Å². The number of Topliss-reactive ketones (excluding diaryl/α,β-unsaturated/α-hetero) is 1. The van der Waals surface area contributed by atoms with Gasteiger partial charge in [-0.2, -0.15) is 0 Å². The van der Waals surface area contributed by atoms with Gasteiger partial charge in [0.05, 0.1) is 0 Å². The van der Waals surface area contributed by atoms with Gasteiger partial charge in [0, 0.05) is 12.3 Å². The van der Waals surface area contributed by atoms with Gasteiger partial charge in [0.15, 0.2) is 0 Å². The van der Waals surface area contributed by atoms with Crippen LogP contribution in [0.15, 0.2) is 23.3 Å². The summed E-state index contributed by atoms with van der Waals surface area (Å²) in [6, 6.07) is 0. The fourth-order valence-corrected chi connectivity index (χ4v) is 9.27. The third-order valence-electron chi connectivity index (χ3n) is 11.8. The molecule has 5 heteroatoms. The monoisotopic (exact) mass is 456 g/mol. The van der Waals surface area contributed by atoms with Crippen LogP contribution in [-0.4, -0.2) is 38.3 Å². The molecule has 0 radical (unpaired) electrons. The molecule has 5 rings (SSSR count). The first-order valence-electron chi connectivity index (χ1n) is 12.7.